The predicted octanol–water partition coefficient (Wildman–Crippen LogP) is -4.77. The molecule has 0 radical (unpaired) electrons. The molecule has 1 aliphatic heterocycles. The third kappa shape index (κ3) is 38.2. The number of rotatable bonds is 59. The van der Waals surface area contributed by atoms with Gasteiger partial charge in [-0.25, -0.2) is 4.79 Å². The number of phenols is 1. The van der Waals surface area contributed by atoms with Crippen LogP contribution < -0.4 is 80.6 Å². The molecule has 49 heteroatoms. The van der Waals surface area contributed by atoms with E-state index in [1.807, 2.05) is 5.32 Å². The molecule has 1 aliphatic rings. The minimum atomic E-state index is -2.24. The molecule has 1 fully saturated rings. The zero-order chi connectivity index (χ0) is 99.0. The fourth-order valence-electron chi connectivity index (χ4n) is 13.8. The molecule has 0 spiro atoms. The van der Waals surface area contributed by atoms with Gasteiger partial charge in [0.15, 0.2) is 0 Å². The Balaban J connectivity index is 1.35. The molecule has 0 bridgehead atoms. The van der Waals surface area contributed by atoms with Crippen LogP contribution in [-0.2, 0) is 130 Å². The van der Waals surface area contributed by atoms with E-state index in [2.05, 4.69) is 68.8 Å². The number of likely N-dealkylation sites (tertiary alicyclic amines) is 1. The lowest BCUT2D eigenvalue weighted by Gasteiger charge is -2.30. The number of hydrogen-bond acceptors (Lipinski definition) is 25. The second-order valence-electron chi connectivity index (χ2n) is 31.8. The molecule has 27 N–H and O–H groups in total. The molecule has 724 valence electrons. The number of nitrogens with two attached hydrogens (primary N) is 2. The molecule has 3 aromatic carbocycles. The fourth-order valence-corrected chi connectivity index (χ4v) is 13.8. The Morgan fingerprint density at radius 3 is 1.29 bits per heavy atom. The summed E-state index contributed by atoms with van der Waals surface area (Å²) in [6, 6.07) is -4.83. The number of aromatic amines is 1. The summed E-state index contributed by atoms with van der Waals surface area (Å²) < 4.78 is 0. The Bertz CT molecular complexity index is 4890. The van der Waals surface area contributed by atoms with Gasteiger partial charge in [-0.05, 0) is 112 Å². The molecular formula is C84H111N17O32. The number of carbonyl (C=O) groups excluding carboxylic acids is 15. The van der Waals surface area contributed by atoms with Crippen LogP contribution in [0.25, 0.3) is 10.9 Å². The second kappa shape index (κ2) is 53.7. The van der Waals surface area contributed by atoms with Crippen molar-refractivity contribution in [3.05, 3.63) is 102 Å². The van der Waals surface area contributed by atoms with Gasteiger partial charge in [-0.1, -0.05) is 74.5 Å². The van der Waals surface area contributed by atoms with Crippen molar-refractivity contribution in [1.29, 1.82) is 0 Å². The number of nitrogens with one attached hydrogen (secondary N) is 14. The van der Waals surface area contributed by atoms with E-state index in [1.54, 1.807) is 68.4 Å². The monoisotopic (exact) mass is 1870 g/mol. The number of fused-ring (bicyclic) bond motifs is 1. The molecule has 0 unspecified atom stereocenters. The lowest BCUT2D eigenvalue weighted by atomic mass is 9.99. The van der Waals surface area contributed by atoms with Crippen molar-refractivity contribution in [1.82, 2.24) is 79.0 Å². The molecule has 49 nitrogen and oxygen atoms in total. The van der Waals surface area contributed by atoms with E-state index in [-0.39, 0.29) is 55.9 Å². The van der Waals surface area contributed by atoms with Gasteiger partial charge in [-0.2, -0.15) is 0 Å². The first kappa shape index (κ1) is 108. The molecule has 1 aromatic heterocycles. The lowest BCUT2D eigenvalue weighted by molar-refractivity contribution is -0.145. The highest BCUT2D eigenvalue weighted by molar-refractivity contribution is 6.02. The number of nitrogens with zero attached hydrogens (tertiary/aromatic N) is 1. The minimum Gasteiger partial charge on any atom is -0.508 e. The highest BCUT2D eigenvalue weighted by Crippen LogP contribution is 2.24. The Labute approximate surface area is 757 Å². The summed E-state index contributed by atoms with van der Waals surface area (Å²) in [7, 11) is 0. The van der Waals surface area contributed by atoms with Crippen molar-refractivity contribution in [2.75, 3.05) is 13.1 Å². The zero-order valence-electron chi connectivity index (χ0n) is 72.5. The van der Waals surface area contributed by atoms with Crippen molar-refractivity contribution < 1.29 is 156 Å². The molecule has 15 amide bonds. The maximum Gasteiger partial charge on any atom is 0.326 e. The van der Waals surface area contributed by atoms with Crippen LogP contribution in [0.5, 0.6) is 5.75 Å². The highest BCUT2D eigenvalue weighted by atomic mass is 16.4. The SMILES string of the molecule is CC(C)C[C@H](NC(=O)[C@H](Cc1c[nH]c2ccccc12)NC(=O)[C@H](CCC(=O)O)NC(=O)[C@H](Cc1ccccc1)NC(=O)[C@H](Cc1ccc(O)cc1)NC(=O)[C@H](C)NC(=O)CNC(=O)[C@H](CCC(=O)O)NC(=O)[C@@H]1CCCN1C(=O)[C@H](CCC(=O)O)NC(=O)[C@H](CC(=O)O)NC(=O)[C@H](CCC(=O)O)NC(=O)[C@H](CCC(N)=O)NC(=O)[C@@H](N)CCC(=O)O)C(=O)N[C@@H](CCC(=O)O)C(=O)O. The van der Waals surface area contributed by atoms with Crippen molar-refractivity contribution >= 4 is 147 Å². The molecule has 0 aliphatic carbocycles. The number of amides is 15. The van der Waals surface area contributed by atoms with Crippen LogP contribution in [0.4, 0.5) is 0 Å². The highest BCUT2D eigenvalue weighted by Gasteiger charge is 2.43. The van der Waals surface area contributed by atoms with Gasteiger partial charge in [-0.3, -0.25) is 105 Å². The summed E-state index contributed by atoms with van der Waals surface area (Å²) in [4.78, 5) is 309. The number of aromatic nitrogens is 1. The Kier molecular flexibility index (Phi) is 43.7. The quantitative estimate of drug-likeness (QED) is 0.0197. The number of carboxylic acid groups (broad SMARTS) is 8. The molecular weight excluding hydrogens is 1760 g/mol. The van der Waals surface area contributed by atoms with Crippen molar-refractivity contribution in [2.45, 2.75) is 240 Å². The molecule has 4 aromatic rings. The number of primary amides is 1. The van der Waals surface area contributed by atoms with Crippen LogP contribution in [0.2, 0.25) is 0 Å². The van der Waals surface area contributed by atoms with E-state index in [4.69, 9.17) is 16.6 Å². The zero-order valence-corrected chi connectivity index (χ0v) is 72.5. The van der Waals surface area contributed by atoms with Gasteiger partial charge in [0.25, 0.3) is 0 Å². The largest absolute Gasteiger partial charge is 0.508 e. The number of H-pyrrole nitrogens is 1. The molecule has 14 atom stereocenters. The van der Waals surface area contributed by atoms with E-state index in [0.29, 0.717) is 22.0 Å². The topological polar surface area (TPSA) is 802 Å². The van der Waals surface area contributed by atoms with Crippen LogP contribution in [0.1, 0.15) is 153 Å². The first-order valence-electron chi connectivity index (χ1n) is 42.1. The van der Waals surface area contributed by atoms with Gasteiger partial charge in [0.1, 0.15) is 84.3 Å². The number of carbonyl (C=O) groups is 23. The van der Waals surface area contributed by atoms with Gasteiger partial charge >= 0.3 is 47.8 Å². The Hall–Kier alpha value is -15.2. The number of aliphatic carboxylic acids is 8. The van der Waals surface area contributed by atoms with Crippen LogP contribution in [-0.4, -0.2) is 290 Å². The normalized spacial score (nSPS) is 15.1. The van der Waals surface area contributed by atoms with Gasteiger partial charge in [0.05, 0.1) is 19.0 Å². The van der Waals surface area contributed by atoms with Gasteiger partial charge in [0.2, 0.25) is 88.6 Å². The van der Waals surface area contributed by atoms with Crippen LogP contribution >= 0.6 is 0 Å². The Morgan fingerprint density at radius 2 is 0.789 bits per heavy atom. The number of carboxylic acids is 8. The maximum atomic E-state index is 14.9. The van der Waals surface area contributed by atoms with Crippen LogP contribution in [0, 0.1) is 5.92 Å². The third-order valence-electron chi connectivity index (χ3n) is 20.7. The summed E-state index contributed by atoms with van der Waals surface area (Å²) in [5, 5.41) is 118. The second-order valence-corrected chi connectivity index (χ2v) is 31.8. The molecule has 0 saturated carbocycles. The van der Waals surface area contributed by atoms with Gasteiger partial charge < -0.3 is 136 Å². The molecule has 1 saturated heterocycles. The van der Waals surface area contributed by atoms with E-state index in [0.717, 1.165) is 11.8 Å². The standard InChI is InChI=1S/C84H111N17O32/c1-41(2)34-56(77(125)95-55(84(132)133)25-32-69(115)116)97-80(128)59(37-45-39-87-49-13-8-7-12-47(45)49)99-75(123)53(23-30-67(111)112)92-78(126)58(35-43-10-5-4-6-11-43)98-79(127)57(36-44-15-17-46(102)18-16-44)96-71(119)42(3)89-63(104)40-88-73(121)50(21-28-65(107)108)93-82(130)61-14-9-33-101(61)83(131)54(24-31-68(113)114)94-81(129)60(38-70(117)118)100-76(124)52(22-29-66(109)110)91-74(122)51(20-26-62(86)103)90-72(120)48(85)19-27-64(105)106/h4-8,10-13,15-18,39,41-42,48,50-61,87,102H,9,14,19-38,40,85H2,1-3H3,(H2,86,103)(H,88,121)(H,89,104)(H,90,120)(H,91,122)(H,92,126)(H,93,130)(H,94,129)(H,95,125)(H,96,119)(H,97,128)(H,98,127)(H,99,123)(H,100,124)(H,105,106)(H,107,108)(H,109,110)(H,111,112)(H,113,114)(H,115,116)(H,117,118)(H,132,133)/t42-,48-,50-,51-,52-,53-,54-,55-,56-,57-,58-,59-,60-,61-/m0/s1. The first-order valence-corrected chi connectivity index (χ1v) is 42.1. The summed E-state index contributed by atoms with van der Waals surface area (Å²) in [6.45, 7) is 3.14. The summed E-state index contributed by atoms with van der Waals surface area (Å²) >= 11 is 0. The first-order chi connectivity index (χ1) is 62.7. The fraction of sp³-hybridized carbons (Fsp3) is 0.488. The van der Waals surface area contributed by atoms with E-state index in [9.17, 15) is 151 Å². The van der Waals surface area contributed by atoms with E-state index in [1.165, 1.54) is 30.5 Å². The number of hydrogen-bond donors (Lipinski definition) is 25. The Morgan fingerprint density at radius 1 is 0.398 bits per heavy atom. The van der Waals surface area contributed by atoms with E-state index < -0.39 is 330 Å². The number of aromatic hydroxyl groups is 1. The summed E-state index contributed by atoms with van der Waals surface area (Å²) in [6.07, 6.45) is -11.0. The molecule has 133 heavy (non-hydrogen) atoms. The summed E-state index contributed by atoms with van der Waals surface area (Å²) in [5.41, 5.74) is 12.7. The smallest absolute Gasteiger partial charge is 0.326 e. The van der Waals surface area contributed by atoms with Crippen LogP contribution in [0.15, 0.2) is 85.1 Å². The van der Waals surface area contributed by atoms with Gasteiger partial charge in [-0.15, -0.1) is 0 Å². The average molecular weight is 1870 g/mol. The van der Waals surface area contributed by atoms with Crippen molar-refractivity contribution in [2.24, 2.45) is 17.4 Å². The maximum absolute atomic E-state index is 14.9. The van der Waals surface area contributed by atoms with Crippen molar-refractivity contribution in [3.8, 4) is 5.75 Å². The predicted molar refractivity (Wildman–Crippen MR) is 458 cm³/mol. The molecule has 2 heterocycles. The summed E-state index contributed by atoms with van der Waals surface area (Å²) in [5.74, 6) is -30.3. The third-order valence-corrected chi connectivity index (χ3v) is 20.7. The minimum absolute atomic E-state index is 0.000332. The molecule has 5 rings (SSSR count). The van der Waals surface area contributed by atoms with Crippen LogP contribution in [0.3, 0.4) is 0 Å². The van der Waals surface area contributed by atoms with E-state index >= 15 is 0 Å². The number of para-hydroxylation sites is 1. The lowest BCUT2D eigenvalue weighted by Crippen LogP contribution is -2.60. The number of benzene rings is 3. The average Bonchev–Trinajstić information content (AvgIpc) is 1.64. The van der Waals surface area contributed by atoms with Crippen molar-refractivity contribution in [3.63, 3.8) is 0 Å². The number of phenolic OH excluding ortho intramolecular Hbond substituents is 1. The van der Waals surface area contributed by atoms with Gasteiger partial charge in [0, 0.05) is 87.9 Å².